The predicted octanol–water partition coefficient (Wildman–Crippen LogP) is -6.47. The number of carbonyl (C=O) groups is 4. The molecule has 0 fully saturated rings. The van der Waals surface area contributed by atoms with Crippen LogP contribution in [-0.4, -0.2) is 251 Å². The van der Waals surface area contributed by atoms with Crippen molar-refractivity contribution < 1.29 is 132 Å². The number of aromatic nitrogens is 3. The number of carboxylic acid groups (broad SMARTS) is 4. The average molecular weight is 1270 g/mol. The summed E-state index contributed by atoms with van der Waals surface area (Å²) in [6.45, 7) is -5.88. The van der Waals surface area contributed by atoms with Crippen LogP contribution >= 0.6 is 0 Å². The Morgan fingerprint density at radius 1 is 0.427 bits per heavy atom. The molecular weight excluding hydrogens is 1200 g/mol. The largest absolute Gasteiger partial charge is 0.503 e. The van der Waals surface area contributed by atoms with Crippen molar-refractivity contribution in [2.45, 2.75) is 150 Å². The van der Waals surface area contributed by atoms with Crippen LogP contribution < -0.4 is 37.1 Å². The van der Waals surface area contributed by atoms with Crippen molar-refractivity contribution in [3.63, 3.8) is 0 Å². The molecule has 0 radical (unpaired) electrons. The molecule has 1 aromatic carbocycles. The first kappa shape index (κ1) is 73.4. The van der Waals surface area contributed by atoms with Gasteiger partial charge in [0.2, 0.25) is 16.3 Å². The van der Waals surface area contributed by atoms with E-state index in [1.54, 1.807) is 0 Å². The molecule has 15 atom stereocenters. The van der Waals surface area contributed by atoms with Crippen molar-refractivity contribution in [1.29, 1.82) is 0 Å². The Bertz CT molecular complexity index is 3230. The second kappa shape index (κ2) is 33.0. The number of aliphatic hydroxyl groups is 15. The SMILES string of the molecule is CN(C(=O)O)c1ccc(CCC(NC(=O)O)c2c(O)c(=O)ccn2CC(O)C(O)C(O)C(O)CO)c(CCC(NC(=O)O)c2c(O)c(=O)ccn2CC(O)C(O)C(O)C(O)CO)c1CCC(NC(=O)O)c1c(O)c(=O)ccn1CC(O)C(O)C(O)C(O)CO. The molecule has 4 rings (SSSR count). The monoisotopic (exact) mass is 1270 g/mol. The summed E-state index contributed by atoms with van der Waals surface area (Å²) in [4.78, 5) is 90.7. The molecule has 0 saturated carbocycles. The van der Waals surface area contributed by atoms with E-state index in [1.165, 1.54) is 12.1 Å². The third kappa shape index (κ3) is 18.8. The first-order valence-corrected chi connectivity index (χ1v) is 27.1. The summed E-state index contributed by atoms with van der Waals surface area (Å²) < 4.78 is 2.64. The van der Waals surface area contributed by atoms with Gasteiger partial charge in [0.05, 0.1) is 80.3 Å². The zero-order valence-electron chi connectivity index (χ0n) is 47.2. The van der Waals surface area contributed by atoms with Crippen LogP contribution in [0.2, 0.25) is 0 Å². The van der Waals surface area contributed by atoms with Gasteiger partial charge in [0, 0.05) is 43.8 Å². The highest BCUT2D eigenvalue weighted by atomic mass is 16.4. The number of anilines is 1. The molecule has 496 valence electrons. The lowest BCUT2D eigenvalue weighted by atomic mass is 9.86. The zero-order valence-corrected chi connectivity index (χ0v) is 47.2. The van der Waals surface area contributed by atoms with E-state index in [-0.39, 0.29) is 22.4 Å². The van der Waals surface area contributed by atoms with E-state index >= 15 is 0 Å². The summed E-state index contributed by atoms with van der Waals surface area (Å²) in [5, 5.41) is 235. The third-order valence-corrected chi connectivity index (χ3v) is 14.8. The second-order valence-corrected chi connectivity index (χ2v) is 20.8. The minimum atomic E-state index is -2.25. The molecular formula is C53H75N7O29. The van der Waals surface area contributed by atoms with E-state index in [1.807, 2.05) is 0 Å². The zero-order chi connectivity index (χ0) is 67.0. The van der Waals surface area contributed by atoms with Gasteiger partial charge in [-0.1, -0.05) is 6.07 Å². The smallest absolute Gasteiger partial charge is 0.411 e. The highest BCUT2D eigenvalue weighted by Gasteiger charge is 2.36. The van der Waals surface area contributed by atoms with Crippen LogP contribution in [0, 0.1) is 0 Å². The summed E-state index contributed by atoms with van der Waals surface area (Å²) in [5.74, 6) is -3.45. The van der Waals surface area contributed by atoms with Crippen molar-refractivity contribution in [3.05, 3.63) is 113 Å². The summed E-state index contributed by atoms with van der Waals surface area (Å²) >= 11 is 0. The highest BCUT2D eigenvalue weighted by molar-refractivity contribution is 5.87. The number of nitrogens with zero attached hydrogens (tertiary/aromatic N) is 4. The Labute approximate surface area is 502 Å². The van der Waals surface area contributed by atoms with Gasteiger partial charge in [0.15, 0.2) is 17.2 Å². The van der Waals surface area contributed by atoms with Crippen LogP contribution in [0.4, 0.5) is 24.9 Å². The van der Waals surface area contributed by atoms with Crippen LogP contribution in [0.25, 0.3) is 0 Å². The lowest BCUT2D eigenvalue weighted by molar-refractivity contribution is -0.117. The number of benzene rings is 1. The van der Waals surface area contributed by atoms with Gasteiger partial charge in [0.25, 0.3) is 0 Å². The molecule has 4 aromatic rings. The number of aryl methyl sites for hydroxylation is 1. The van der Waals surface area contributed by atoms with Crippen LogP contribution in [0.1, 0.15) is 71.2 Å². The quantitative estimate of drug-likeness (QED) is 0.0207. The number of amides is 4. The topological polar surface area (TPSA) is 619 Å². The number of rotatable bonds is 34. The standard InChI is InChI=1S/C53H75N7O29/c1-57(53(88)89)28-9-3-22(2-6-25(54-50(82)83)38-41(73)29(64)10-13-58(38)16-32(67)44(76)47(79)35(70)19-61)23(4-7-26(55-51(84)85)39-42(74)30(65)11-14-59(39)17-33(68)45(77)48(80)36(71)20-62)24(28)5-8-27(56-52(86)87)40-43(75)31(66)12-15-60(40)18-34(69)46(78)49(81)37(72)21-63/h3,9-15,25-27,32-37,44-49,54-56,61-63,67-81H,2,4-8,16-21H2,1H3,(H,82,83)(H,84,85)(H,86,87)(H,88,89). The van der Waals surface area contributed by atoms with Gasteiger partial charge in [-0.15, -0.1) is 0 Å². The van der Waals surface area contributed by atoms with E-state index < -0.39 is 244 Å². The molecule has 0 aliphatic carbocycles. The number of aromatic hydroxyl groups is 3. The first-order valence-electron chi connectivity index (χ1n) is 27.1. The molecule has 0 bridgehead atoms. The summed E-state index contributed by atoms with van der Waals surface area (Å²) in [6.07, 6.45) is -33.3. The number of pyridine rings is 3. The molecule has 4 amide bonds. The Morgan fingerprint density at radius 3 is 0.989 bits per heavy atom. The number of hydrogen-bond acceptors (Lipinski definition) is 25. The second-order valence-electron chi connectivity index (χ2n) is 20.8. The van der Waals surface area contributed by atoms with Crippen molar-refractivity contribution in [2.75, 3.05) is 31.8 Å². The van der Waals surface area contributed by atoms with Gasteiger partial charge in [-0.2, -0.15) is 0 Å². The minimum Gasteiger partial charge on any atom is -0.503 e. The molecule has 25 N–H and O–H groups in total. The van der Waals surface area contributed by atoms with Gasteiger partial charge in [-0.25, -0.2) is 19.2 Å². The number of hydrogen-bond donors (Lipinski definition) is 25. The predicted molar refractivity (Wildman–Crippen MR) is 300 cm³/mol. The van der Waals surface area contributed by atoms with Crippen molar-refractivity contribution in [1.82, 2.24) is 29.7 Å². The maximum atomic E-state index is 13.2. The number of nitrogens with one attached hydrogen (secondary N) is 3. The van der Waals surface area contributed by atoms with Gasteiger partial charge in [-0.05, 0) is 61.3 Å². The summed E-state index contributed by atoms with van der Waals surface area (Å²) in [7, 11) is 1.04. The normalized spacial score (nSPS) is 16.8. The summed E-state index contributed by atoms with van der Waals surface area (Å²) in [5.41, 5.74) is -5.62. The summed E-state index contributed by atoms with van der Waals surface area (Å²) in [6, 6.07) is -0.589. The van der Waals surface area contributed by atoms with E-state index in [9.17, 15) is 146 Å². The van der Waals surface area contributed by atoms with Crippen LogP contribution in [0.15, 0.2) is 63.3 Å². The number of aliphatic hydroxyl groups excluding tert-OH is 15. The maximum absolute atomic E-state index is 13.2. The van der Waals surface area contributed by atoms with E-state index in [0.29, 0.717) is 4.90 Å². The molecule has 3 aromatic heterocycles. The molecule has 36 heteroatoms. The van der Waals surface area contributed by atoms with Gasteiger partial charge in [-0.3, -0.25) is 19.3 Å². The highest BCUT2D eigenvalue weighted by Crippen LogP contribution is 2.37. The molecule has 0 aliphatic rings. The lowest BCUT2D eigenvalue weighted by Gasteiger charge is -2.30. The molecule has 3 heterocycles. The lowest BCUT2D eigenvalue weighted by Crippen LogP contribution is -2.47. The third-order valence-electron chi connectivity index (χ3n) is 14.8. The molecule has 0 spiro atoms. The van der Waals surface area contributed by atoms with E-state index in [0.717, 1.165) is 57.5 Å². The van der Waals surface area contributed by atoms with Gasteiger partial charge in [0.1, 0.15) is 73.2 Å². The first-order chi connectivity index (χ1) is 41.7. The van der Waals surface area contributed by atoms with Crippen LogP contribution in [0.3, 0.4) is 0 Å². The van der Waals surface area contributed by atoms with Gasteiger partial charge < -0.3 is 142 Å². The Hall–Kier alpha value is -8.05. The molecule has 0 saturated heterocycles. The minimum absolute atomic E-state index is 0.0438. The average Bonchev–Trinajstić information content (AvgIpc) is 1.05. The fourth-order valence-electron chi connectivity index (χ4n) is 10.1. The Kier molecular flexibility index (Phi) is 27.2. The van der Waals surface area contributed by atoms with Crippen LogP contribution in [0.5, 0.6) is 17.2 Å². The fourth-order valence-corrected chi connectivity index (χ4v) is 10.1. The van der Waals surface area contributed by atoms with Crippen LogP contribution in [-0.2, 0) is 38.9 Å². The molecule has 15 unspecified atom stereocenters. The molecule has 0 aliphatic heterocycles. The molecule has 89 heavy (non-hydrogen) atoms. The van der Waals surface area contributed by atoms with Crippen molar-refractivity contribution in [2.24, 2.45) is 0 Å². The molecule has 36 nitrogen and oxygen atoms in total. The van der Waals surface area contributed by atoms with Crippen molar-refractivity contribution >= 4 is 30.1 Å². The van der Waals surface area contributed by atoms with Gasteiger partial charge >= 0.3 is 24.4 Å². The Balaban J connectivity index is 2.06. The Morgan fingerprint density at radius 2 is 0.708 bits per heavy atom. The van der Waals surface area contributed by atoms with Crippen molar-refractivity contribution in [3.8, 4) is 17.2 Å². The fraction of sp³-hybridized carbons (Fsp3) is 0.528. The van der Waals surface area contributed by atoms with E-state index in [4.69, 9.17) is 0 Å². The maximum Gasteiger partial charge on any atom is 0.411 e. The van der Waals surface area contributed by atoms with E-state index in [2.05, 4.69) is 16.0 Å².